The summed E-state index contributed by atoms with van der Waals surface area (Å²) in [6.07, 6.45) is 4.86. The highest BCUT2D eigenvalue weighted by Gasteiger charge is 2.29. The molecule has 1 saturated carbocycles. The van der Waals surface area contributed by atoms with E-state index in [1.807, 2.05) is 6.26 Å². The first-order valence-corrected chi connectivity index (χ1v) is 10.9. The fourth-order valence-electron chi connectivity index (χ4n) is 3.20. The van der Waals surface area contributed by atoms with Crippen LogP contribution in [0.15, 0.2) is 0 Å². The fourth-order valence-corrected chi connectivity index (χ4v) is 3.69. The second kappa shape index (κ2) is 12.6. The van der Waals surface area contributed by atoms with Gasteiger partial charge in [0.05, 0.1) is 6.04 Å². The van der Waals surface area contributed by atoms with Gasteiger partial charge in [0.15, 0.2) is 0 Å². The zero-order valence-corrected chi connectivity index (χ0v) is 17.0. The van der Waals surface area contributed by atoms with E-state index < -0.39 is 24.0 Å². The zero-order chi connectivity index (χ0) is 21.1. The molecule has 0 aromatic rings. The van der Waals surface area contributed by atoms with E-state index in [0.717, 1.165) is 18.6 Å². The summed E-state index contributed by atoms with van der Waals surface area (Å²) < 4.78 is 0. The summed E-state index contributed by atoms with van der Waals surface area (Å²) in [5.74, 6) is -2.03. The van der Waals surface area contributed by atoms with Gasteiger partial charge in [0.2, 0.25) is 11.8 Å². The minimum atomic E-state index is -1.23. The average molecular weight is 418 g/mol. The molecule has 0 bridgehead atoms. The highest BCUT2D eigenvalue weighted by Crippen LogP contribution is 2.28. The van der Waals surface area contributed by atoms with Crippen molar-refractivity contribution in [2.75, 3.05) is 18.6 Å². The molecule has 2 atom stereocenters. The number of thioether (sulfide) groups is 1. The number of hydrogen-bond donors (Lipinski definition) is 5. The van der Waals surface area contributed by atoms with Gasteiger partial charge >= 0.3 is 11.9 Å². The van der Waals surface area contributed by atoms with Crippen molar-refractivity contribution in [1.29, 1.82) is 0 Å². The second-order valence-electron chi connectivity index (χ2n) is 7.18. The molecule has 2 amide bonds. The van der Waals surface area contributed by atoms with Crippen LogP contribution in [0.25, 0.3) is 0 Å². The summed E-state index contributed by atoms with van der Waals surface area (Å²) in [6, 6.07) is -1.70. The Bertz CT molecular complexity index is 551. The lowest BCUT2D eigenvalue weighted by molar-refractivity contribution is -0.143. The standard InChI is InChI=1S/C18H31N3O6S/c1-28-9-8-13(19)17(25)20-10-11-2-4-12(5-3-11)16(24)21-14(18(26)27)6-7-15(22)23/h11-14H,2-10,19H2,1H3,(H,20,25)(H,21,24)(H,22,23)(H,26,27). The minimum absolute atomic E-state index is 0.144. The summed E-state index contributed by atoms with van der Waals surface area (Å²) in [5, 5.41) is 23.1. The van der Waals surface area contributed by atoms with Crippen molar-refractivity contribution in [3.8, 4) is 0 Å². The first kappa shape index (κ1) is 24.2. The van der Waals surface area contributed by atoms with Gasteiger partial charge in [0, 0.05) is 18.9 Å². The first-order chi connectivity index (χ1) is 13.2. The molecule has 0 aliphatic heterocycles. The number of nitrogens with one attached hydrogen (secondary N) is 2. The molecule has 160 valence electrons. The summed E-state index contributed by atoms with van der Waals surface area (Å²) >= 11 is 1.64. The number of amides is 2. The quantitative estimate of drug-likeness (QED) is 0.305. The zero-order valence-electron chi connectivity index (χ0n) is 16.2. The summed E-state index contributed by atoms with van der Waals surface area (Å²) in [5.41, 5.74) is 5.83. The van der Waals surface area contributed by atoms with Crippen LogP contribution >= 0.6 is 11.8 Å². The van der Waals surface area contributed by atoms with Crippen LogP contribution in [0, 0.1) is 11.8 Å². The lowest BCUT2D eigenvalue weighted by atomic mass is 9.81. The van der Waals surface area contributed by atoms with E-state index in [1.165, 1.54) is 0 Å². The van der Waals surface area contributed by atoms with Crippen LogP contribution in [0.1, 0.15) is 44.9 Å². The van der Waals surface area contributed by atoms with Crippen LogP contribution < -0.4 is 16.4 Å². The van der Waals surface area contributed by atoms with Crippen LogP contribution in [0.3, 0.4) is 0 Å². The number of aliphatic carboxylic acids is 2. The average Bonchev–Trinajstić information content (AvgIpc) is 2.67. The normalized spacial score (nSPS) is 21.4. The first-order valence-electron chi connectivity index (χ1n) is 9.51. The van der Waals surface area contributed by atoms with Crippen molar-refractivity contribution in [3.05, 3.63) is 0 Å². The molecule has 2 unspecified atom stereocenters. The topological polar surface area (TPSA) is 159 Å². The van der Waals surface area contributed by atoms with E-state index in [-0.39, 0.29) is 36.5 Å². The van der Waals surface area contributed by atoms with E-state index in [0.29, 0.717) is 25.8 Å². The molecule has 0 aromatic carbocycles. The second-order valence-corrected chi connectivity index (χ2v) is 8.17. The third-order valence-corrected chi connectivity index (χ3v) is 5.66. The van der Waals surface area contributed by atoms with Crippen LogP contribution in [-0.2, 0) is 19.2 Å². The van der Waals surface area contributed by atoms with Crippen LogP contribution in [0.4, 0.5) is 0 Å². The Hall–Kier alpha value is -1.81. The third-order valence-electron chi connectivity index (χ3n) is 5.01. The number of rotatable bonds is 12. The molecule has 1 rings (SSSR count). The maximum Gasteiger partial charge on any atom is 0.326 e. The number of nitrogens with two attached hydrogens (primary N) is 1. The van der Waals surface area contributed by atoms with Crippen molar-refractivity contribution >= 4 is 35.5 Å². The highest BCUT2D eigenvalue weighted by molar-refractivity contribution is 7.98. The van der Waals surface area contributed by atoms with Crippen LogP contribution in [0.2, 0.25) is 0 Å². The molecule has 0 radical (unpaired) electrons. The summed E-state index contributed by atoms with van der Waals surface area (Å²) in [4.78, 5) is 46.1. The van der Waals surface area contributed by atoms with E-state index >= 15 is 0 Å². The molecular weight excluding hydrogens is 386 g/mol. The SMILES string of the molecule is CSCCC(N)C(=O)NCC1CCC(C(=O)NC(CCC(=O)O)C(=O)O)CC1. The van der Waals surface area contributed by atoms with E-state index in [2.05, 4.69) is 10.6 Å². The number of carbonyl (C=O) groups is 4. The number of carboxylic acids is 2. The molecule has 10 heteroatoms. The van der Waals surface area contributed by atoms with Crippen LogP contribution in [0.5, 0.6) is 0 Å². The van der Waals surface area contributed by atoms with Gasteiger partial charge in [-0.25, -0.2) is 4.79 Å². The molecule has 0 saturated heterocycles. The lowest BCUT2D eigenvalue weighted by Crippen LogP contribution is -2.45. The Morgan fingerprint density at radius 1 is 1.11 bits per heavy atom. The van der Waals surface area contributed by atoms with Gasteiger partial charge in [-0.3, -0.25) is 14.4 Å². The number of hydrogen-bond acceptors (Lipinski definition) is 6. The van der Waals surface area contributed by atoms with Gasteiger partial charge < -0.3 is 26.6 Å². The Morgan fingerprint density at radius 3 is 2.29 bits per heavy atom. The molecule has 1 fully saturated rings. The van der Waals surface area contributed by atoms with Crippen molar-refractivity contribution in [1.82, 2.24) is 10.6 Å². The van der Waals surface area contributed by atoms with Gasteiger partial charge in [0.25, 0.3) is 0 Å². The Labute approximate surface area is 169 Å². The van der Waals surface area contributed by atoms with Gasteiger partial charge in [-0.15, -0.1) is 0 Å². The smallest absolute Gasteiger partial charge is 0.326 e. The van der Waals surface area contributed by atoms with E-state index in [1.54, 1.807) is 11.8 Å². The van der Waals surface area contributed by atoms with Gasteiger partial charge in [-0.2, -0.15) is 11.8 Å². The van der Waals surface area contributed by atoms with Gasteiger partial charge in [-0.05, 0) is 56.5 Å². The highest BCUT2D eigenvalue weighted by atomic mass is 32.2. The maximum atomic E-state index is 12.3. The van der Waals surface area contributed by atoms with E-state index in [4.69, 9.17) is 15.9 Å². The number of carboxylic acid groups (broad SMARTS) is 2. The molecule has 0 spiro atoms. The number of carbonyl (C=O) groups excluding carboxylic acids is 2. The summed E-state index contributed by atoms with van der Waals surface area (Å²) in [7, 11) is 0. The monoisotopic (exact) mass is 417 g/mol. The third kappa shape index (κ3) is 8.92. The molecule has 1 aliphatic carbocycles. The Kier molecular flexibility index (Phi) is 10.9. The lowest BCUT2D eigenvalue weighted by Gasteiger charge is -2.29. The molecule has 6 N–H and O–H groups in total. The predicted molar refractivity (Wildman–Crippen MR) is 106 cm³/mol. The molecule has 28 heavy (non-hydrogen) atoms. The van der Waals surface area contributed by atoms with Crippen molar-refractivity contribution < 1.29 is 29.4 Å². The molecule has 1 aliphatic rings. The Morgan fingerprint density at radius 2 is 1.75 bits per heavy atom. The van der Waals surface area contributed by atoms with Crippen molar-refractivity contribution in [3.63, 3.8) is 0 Å². The van der Waals surface area contributed by atoms with Crippen LogP contribution in [-0.4, -0.2) is 64.6 Å². The molecule has 0 aromatic heterocycles. The molecule has 9 nitrogen and oxygen atoms in total. The molecule has 0 heterocycles. The predicted octanol–water partition coefficient (Wildman–Crippen LogP) is 0.424. The summed E-state index contributed by atoms with van der Waals surface area (Å²) in [6.45, 7) is 0.524. The van der Waals surface area contributed by atoms with Gasteiger partial charge in [-0.1, -0.05) is 0 Å². The minimum Gasteiger partial charge on any atom is -0.481 e. The van der Waals surface area contributed by atoms with Gasteiger partial charge in [0.1, 0.15) is 6.04 Å². The van der Waals surface area contributed by atoms with Crippen molar-refractivity contribution in [2.45, 2.75) is 57.0 Å². The maximum absolute atomic E-state index is 12.3. The largest absolute Gasteiger partial charge is 0.481 e. The Balaban J connectivity index is 2.36. The van der Waals surface area contributed by atoms with E-state index in [9.17, 15) is 19.2 Å². The fraction of sp³-hybridized carbons (Fsp3) is 0.778. The van der Waals surface area contributed by atoms with Crippen molar-refractivity contribution in [2.24, 2.45) is 17.6 Å². The molecular formula is C18H31N3O6S.